The lowest BCUT2D eigenvalue weighted by Gasteiger charge is -2.43. The molecule has 5 aromatic rings. The molecule has 9 rings (SSSR count). The molecule has 1 unspecified atom stereocenters. The number of benzene rings is 2. The Morgan fingerprint density at radius 1 is 0.862 bits per heavy atom. The third kappa shape index (κ3) is 8.11. The predicted octanol–water partition coefficient (Wildman–Crippen LogP) is 3.97. The van der Waals surface area contributed by atoms with Crippen molar-refractivity contribution >= 4 is 52.7 Å². The number of pyridine rings is 1. The number of nitrogens with one attached hydrogen (secondary N) is 1. The van der Waals surface area contributed by atoms with Crippen molar-refractivity contribution in [1.29, 1.82) is 0 Å². The van der Waals surface area contributed by atoms with E-state index in [1.54, 1.807) is 18.2 Å². The molecule has 16 heteroatoms. The molecule has 0 saturated carbocycles. The minimum absolute atomic E-state index is 0.0878. The lowest BCUT2D eigenvalue weighted by atomic mass is 10.0. The minimum atomic E-state index is -0.980. The van der Waals surface area contributed by atoms with Crippen LogP contribution in [0.15, 0.2) is 73.1 Å². The van der Waals surface area contributed by atoms with E-state index in [2.05, 4.69) is 32.2 Å². The third-order valence-electron chi connectivity index (χ3n) is 11.1. The number of carbonyl (C=O) groups is 5. The minimum Gasteiger partial charge on any atom is -0.494 e. The lowest BCUT2D eigenvalue weighted by molar-refractivity contribution is -0.136. The van der Waals surface area contributed by atoms with E-state index in [1.165, 1.54) is 0 Å². The second-order valence-corrected chi connectivity index (χ2v) is 14.9. The number of carboxylic acid groups (broad SMARTS) is 1. The number of para-hydroxylation sites is 2. The number of ether oxygens (including phenoxy) is 2. The Morgan fingerprint density at radius 2 is 1.66 bits per heavy atom. The van der Waals surface area contributed by atoms with Crippen LogP contribution in [0, 0.1) is 0 Å². The fourth-order valence-corrected chi connectivity index (χ4v) is 8.03. The number of fused-ring (bicyclic) bond motifs is 4. The number of piperidine rings is 2. The van der Waals surface area contributed by atoms with Gasteiger partial charge in [-0.2, -0.15) is 0 Å². The zero-order valence-electron chi connectivity index (χ0n) is 31.9. The predicted molar refractivity (Wildman–Crippen MR) is 211 cm³/mol. The summed E-state index contributed by atoms with van der Waals surface area (Å²) in [5.41, 5.74) is 4.26. The van der Waals surface area contributed by atoms with Gasteiger partial charge in [0.15, 0.2) is 0 Å². The summed E-state index contributed by atoms with van der Waals surface area (Å²) in [6.45, 7) is 5.06. The quantitative estimate of drug-likeness (QED) is 0.105. The van der Waals surface area contributed by atoms with Gasteiger partial charge in [0.2, 0.25) is 17.6 Å². The first kappa shape index (κ1) is 38.6. The van der Waals surface area contributed by atoms with E-state index < -0.39 is 29.7 Å². The zero-order chi connectivity index (χ0) is 40.2. The highest BCUT2D eigenvalue weighted by molar-refractivity contribution is 6.23. The van der Waals surface area contributed by atoms with Crippen LogP contribution in [-0.2, 0) is 19.1 Å². The third-order valence-corrected chi connectivity index (χ3v) is 11.1. The summed E-state index contributed by atoms with van der Waals surface area (Å²) >= 11 is 0. The molecule has 3 fully saturated rings. The number of likely N-dealkylation sites (tertiary alicyclic amines) is 1. The molecule has 2 N–H and O–H groups in total. The maximum atomic E-state index is 13.1. The molecule has 16 nitrogen and oxygen atoms in total. The summed E-state index contributed by atoms with van der Waals surface area (Å²) in [5.74, 6) is 0.0802. The molecule has 3 aromatic heterocycles. The first-order valence-corrected chi connectivity index (χ1v) is 19.7. The van der Waals surface area contributed by atoms with Crippen LogP contribution in [0.1, 0.15) is 65.7 Å². The van der Waals surface area contributed by atoms with Gasteiger partial charge in [-0.15, -0.1) is 0 Å². The fraction of sp³-hybridized carbons (Fsp3) is 0.381. The summed E-state index contributed by atoms with van der Waals surface area (Å²) in [4.78, 5) is 78.1. The van der Waals surface area contributed by atoms with Gasteiger partial charge in [0, 0.05) is 50.6 Å². The van der Waals surface area contributed by atoms with Gasteiger partial charge in [-0.05, 0) is 93.6 Å². The average Bonchev–Trinajstić information content (AvgIpc) is 3.71. The van der Waals surface area contributed by atoms with Gasteiger partial charge >= 0.3 is 0 Å². The number of rotatable bonds is 12. The number of hydrogen-bond acceptors (Lipinski definition) is 12. The second kappa shape index (κ2) is 17.1. The van der Waals surface area contributed by atoms with Crippen molar-refractivity contribution in [2.24, 2.45) is 0 Å². The van der Waals surface area contributed by atoms with Crippen LogP contribution >= 0.6 is 0 Å². The number of nitrogens with zero attached hydrogens (tertiary/aromatic N) is 7. The van der Waals surface area contributed by atoms with E-state index in [1.807, 2.05) is 47.1 Å². The lowest BCUT2D eigenvalue weighted by Crippen LogP contribution is -2.54. The van der Waals surface area contributed by atoms with Crippen molar-refractivity contribution < 1.29 is 38.6 Å². The number of hydrogen-bond donors (Lipinski definition) is 2. The van der Waals surface area contributed by atoms with Crippen molar-refractivity contribution in [3.8, 4) is 17.0 Å². The molecule has 4 amide bonds. The van der Waals surface area contributed by atoms with Crippen molar-refractivity contribution in [1.82, 2.24) is 34.5 Å². The van der Waals surface area contributed by atoms with Crippen molar-refractivity contribution in [2.45, 2.75) is 63.2 Å². The smallest absolute Gasteiger partial charge is 0.290 e. The van der Waals surface area contributed by atoms with Crippen LogP contribution in [-0.4, -0.2) is 122 Å². The summed E-state index contributed by atoms with van der Waals surface area (Å²) in [6.07, 6.45) is 9.67. The Morgan fingerprint density at radius 3 is 2.43 bits per heavy atom. The maximum Gasteiger partial charge on any atom is 0.290 e. The Hall–Kier alpha value is -6.26. The molecular weight excluding hydrogens is 745 g/mol. The van der Waals surface area contributed by atoms with Gasteiger partial charge in [0.1, 0.15) is 17.6 Å². The molecule has 3 saturated heterocycles. The van der Waals surface area contributed by atoms with Crippen LogP contribution in [0.25, 0.3) is 28.1 Å². The molecule has 7 heterocycles. The molecule has 1 atom stereocenters. The van der Waals surface area contributed by atoms with E-state index in [-0.39, 0.29) is 42.6 Å². The van der Waals surface area contributed by atoms with E-state index in [0.29, 0.717) is 18.1 Å². The number of unbranched alkanes of at least 4 members (excludes halogenated alkanes) is 2. The molecule has 58 heavy (non-hydrogen) atoms. The highest BCUT2D eigenvalue weighted by Gasteiger charge is 2.44. The van der Waals surface area contributed by atoms with E-state index in [0.717, 1.165) is 97.8 Å². The van der Waals surface area contributed by atoms with Crippen LogP contribution in [0.4, 0.5) is 5.82 Å². The molecule has 2 aromatic carbocycles. The summed E-state index contributed by atoms with van der Waals surface area (Å²) in [7, 11) is 0. The highest BCUT2D eigenvalue weighted by atomic mass is 16.5. The Labute approximate surface area is 333 Å². The van der Waals surface area contributed by atoms with Crippen LogP contribution < -0.4 is 15.0 Å². The van der Waals surface area contributed by atoms with Gasteiger partial charge in [-0.1, -0.05) is 12.1 Å². The SMILES string of the molecule is O=C1CCC(N2C(=O)c3ccc(OCCCCCN4CCC(OC5CN(c6ccc(-c7ccn8c(n7)nc7ccccc78)cn6)C5)CC4)cc3C2=O)C(=O)N1.O=CO. The van der Waals surface area contributed by atoms with Gasteiger partial charge in [-0.25, -0.2) is 15.0 Å². The number of amides is 4. The van der Waals surface area contributed by atoms with Gasteiger partial charge in [-0.3, -0.25) is 38.6 Å². The molecule has 0 bridgehead atoms. The average molecular weight is 789 g/mol. The molecule has 4 aliphatic heterocycles. The summed E-state index contributed by atoms with van der Waals surface area (Å²) < 4.78 is 14.4. The normalized spacial score (nSPS) is 18.9. The van der Waals surface area contributed by atoms with Crippen LogP contribution in [0.2, 0.25) is 0 Å². The van der Waals surface area contributed by atoms with E-state index >= 15 is 0 Å². The number of anilines is 1. The van der Waals surface area contributed by atoms with Crippen molar-refractivity contribution in [3.63, 3.8) is 0 Å². The molecule has 0 radical (unpaired) electrons. The van der Waals surface area contributed by atoms with Crippen LogP contribution in [0.5, 0.6) is 5.75 Å². The summed E-state index contributed by atoms with van der Waals surface area (Å²) in [5, 5.41) is 9.11. The Balaban J connectivity index is 0.00000152. The van der Waals surface area contributed by atoms with Crippen molar-refractivity contribution in [2.75, 3.05) is 44.2 Å². The summed E-state index contributed by atoms with van der Waals surface area (Å²) in [6, 6.07) is 18.0. The highest BCUT2D eigenvalue weighted by Crippen LogP contribution is 2.31. The monoisotopic (exact) mass is 788 g/mol. The second-order valence-electron chi connectivity index (χ2n) is 14.9. The van der Waals surface area contributed by atoms with E-state index in [9.17, 15) is 19.2 Å². The Bertz CT molecular complexity index is 2340. The van der Waals surface area contributed by atoms with E-state index in [4.69, 9.17) is 29.3 Å². The topological polar surface area (TPSA) is 189 Å². The van der Waals surface area contributed by atoms with Gasteiger partial charge in [0.05, 0.1) is 46.7 Å². The van der Waals surface area contributed by atoms with Crippen molar-refractivity contribution in [3.05, 3.63) is 84.2 Å². The molecule has 4 aliphatic rings. The standard InChI is InChI=1S/C41H42N8O6.CH2O2/c50-37-13-11-35(38(51)45-37)49-39(52)30-10-9-28(22-31(30)40(49)53)54-21-5-1-4-17-46-18-14-27(15-19-46)55-29-24-47(25-29)36-12-8-26(23-42-36)32-16-20-48-34-7-3-2-6-33(34)44-41(48)43-32;2-1-3/h2-3,6-10,12,16,20,22-23,27,29,35H,1,4-5,11,13-15,17-19,21,24-25H2,(H,45,50,51);1H,(H,2,3). The number of carbonyl (C=O) groups excluding carboxylic acids is 4. The molecule has 0 spiro atoms. The molecule has 0 aliphatic carbocycles. The molecule has 300 valence electrons. The van der Waals surface area contributed by atoms with Gasteiger partial charge in [0.25, 0.3) is 18.3 Å². The maximum absolute atomic E-state index is 13.1. The first-order chi connectivity index (χ1) is 28.3. The number of imide groups is 2. The van der Waals surface area contributed by atoms with Gasteiger partial charge < -0.3 is 24.4 Å². The fourth-order valence-electron chi connectivity index (χ4n) is 8.03. The zero-order valence-corrected chi connectivity index (χ0v) is 31.9. The molecular formula is C42H44N8O8. The first-order valence-electron chi connectivity index (χ1n) is 19.7. The largest absolute Gasteiger partial charge is 0.494 e. The number of aromatic nitrogens is 4. The Kier molecular flexibility index (Phi) is 11.4. The number of imidazole rings is 1. The van der Waals surface area contributed by atoms with Crippen LogP contribution in [0.3, 0.4) is 0 Å².